The standard InChI is InChI=1S/C22H15N3O6/c1-13-19(21(26)24(23-13)16-6-4-15(5-7-16)22(27)28)12-18-10-11-20(31-18)14-2-8-17(9-3-14)25(29)30/h2-12,23H,1H2,(H,27,28)/b19-12-. The number of nitrogens with one attached hydrogen (secondary N) is 1. The maximum atomic E-state index is 12.8. The second-order valence-corrected chi connectivity index (χ2v) is 6.65. The summed E-state index contributed by atoms with van der Waals surface area (Å²) in [6.45, 7) is 3.85. The van der Waals surface area contributed by atoms with Crippen LogP contribution in [0.5, 0.6) is 0 Å². The molecule has 0 aliphatic rings. The average Bonchev–Trinajstić information content (AvgIpc) is 3.34. The highest BCUT2D eigenvalue weighted by atomic mass is 16.6. The normalized spacial score (nSPS) is 11.5. The number of nitrogens with zero attached hydrogens (tertiary/aromatic N) is 2. The highest BCUT2D eigenvalue weighted by molar-refractivity contribution is 5.87. The van der Waals surface area contributed by atoms with Gasteiger partial charge in [-0.2, -0.15) is 0 Å². The van der Waals surface area contributed by atoms with Crippen LogP contribution in [0.15, 0.2) is 69.9 Å². The van der Waals surface area contributed by atoms with Crippen molar-refractivity contribution < 1.29 is 19.2 Å². The molecule has 0 bridgehead atoms. The fourth-order valence-electron chi connectivity index (χ4n) is 3.05. The molecule has 154 valence electrons. The van der Waals surface area contributed by atoms with E-state index >= 15 is 0 Å². The molecule has 0 saturated carbocycles. The Balaban J connectivity index is 1.69. The third-order valence-electron chi connectivity index (χ3n) is 4.65. The number of carbonyl (C=O) groups is 1. The summed E-state index contributed by atoms with van der Waals surface area (Å²) in [5.74, 6) is -0.159. The number of carboxylic acids is 1. The number of furan rings is 1. The first kappa shape index (κ1) is 19.6. The molecule has 0 amide bonds. The van der Waals surface area contributed by atoms with Crippen molar-refractivity contribution in [3.8, 4) is 17.0 Å². The van der Waals surface area contributed by atoms with Gasteiger partial charge >= 0.3 is 5.97 Å². The van der Waals surface area contributed by atoms with E-state index in [9.17, 15) is 19.7 Å². The highest BCUT2D eigenvalue weighted by Gasteiger charge is 2.10. The van der Waals surface area contributed by atoms with E-state index in [1.807, 2.05) is 0 Å². The van der Waals surface area contributed by atoms with E-state index in [2.05, 4.69) is 11.7 Å². The number of aromatic amines is 1. The minimum atomic E-state index is -1.06. The van der Waals surface area contributed by atoms with Gasteiger partial charge in [-0.1, -0.05) is 6.58 Å². The Morgan fingerprint density at radius 2 is 1.77 bits per heavy atom. The van der Waals surface area contributed by atoms with Gasteiger partial charge in [-0.15, -0.1) is 0 Å². The summed E-state index contributed by atoms with van der Waals surface area (Å²) in [5.41, 5.74) is 0.837. The fraction of sp³-hybridized carbons (Fsp3) is 0. The molecule has 2 N–H and O–H groups in total. The number of aromatic nitrogens is 2. The van der Waals surface area contributed by atoms with E-state index in [-0.39, 0.29) is 22.0 Å². The summed E-state index contributed by atoms with van der Waals surface area (Å²) in [6, 6.07) is 15.1. The number of non-ortho nitro benzene ring substituents is 1. The van der Waals surface area contributed by atoms with Gasteiger partial charge < -0.3 is 9.52 Å². The molecular formula is C22H15N3O6. The van der Waals surface area contributed by atoms with Crippen LogP contribution < -0.4 is 16.1 Å². The van der Waals surface area contributed by atoms with E-state index in [4.69, 9.17) is 9.52 Å². The largest absolute Gasteiger partial charge is 0.478 e. The Hall–Kier alpha value is -4.66. The molecule has 9 nitrogen and oxygen atoms in total. The molecule has 0 aliphatic carbocycles. The van der Waals surface area contributed by atoms with Gasteiger partial charge in [0, 0.05) is 17.7 Å². The van der Waals surface area contributed by atoms with Gasteiger partial charge in [0.15, 0.2) is 0 Å². The summed E-state index contributed by atoms with van der Waals surface area (Å²) in [6.07, 6.45) is 1.54. The smallest absolute Gasteiger partial charge is 0.335 e. The first-order valence-electron chi connectivity index (χ1n) is 9.03. The Morgan fingerprint density at radius 1 is 1.10 bits per heavy atom. The molecule has 2 aromatic carbocycles. The fourth-order valence-corrected chi connectivity index (χ4v) is 3.05. The number of benzene rings is 2. The number of carboxylic acid groups (broad SMARTS) is 1. The lowest BCUT2D eigenvalue weighted by Gasteiger charge is -2.01. The van der Waals surface area contributed by atoms with Crippen LogP contribution in [0.1, 0.15) is 16.1 Å². The van der Waals surface area contributed by atoms with Gasteiger partial charge in [-0.05, 0) is 54.6 Å². The molecule has 9 heteroatoms. The predicted octanol–water partition coefficient (Wildman–Crippen LogP) is 2.27. The van der Waals surface area contributed by atoms with Crippen molar-refractivity contribution in [1.82, 2.24) is 9.78 Å². The van der Waals surface area contributed by atoms with Crippen LogP contribution in [0.25, 0.3) is 29.7 Å². The van der Waals surface area contributed by atoms with Crippen molar-refractivity contribution in [2.45, 2.75) is 0 Å². The molecule has 4 aromatic rings. The molecule has 0 atom stereocenters. The summed E-state index contributed by atoms with van der Waals surface area (Å²) >= 11 is 0. The number of nitro benzene ring substituents is 1. The summed E-state index contributed by atoms with van der Waals surface area (Å²) in [7, 11) is 0. The van der Waals surface area contributed by atoms with E-state index < -0.39 is 10.9 Å². The SMILES string of the molecule is C=c1[nH]n(-c2ccc(C(=O)O)cc2)c(=O)/c1=C\c1ccc(-c2ccc([N+](=O)[O-])cc2)o1. The number of nitro groups is 1. The minimum Gasteiger partial charge on any atom is -0.478 e. The molecule has 0 aliphatic heterocycles. The maximum absolute atomic E-state index is 12.8. The number of hydrogen-bond donors (Lipinski definition) is 2. The van der Waals surface area contributed by atoms with Crippen LogP contribution in [0.3, 0.4) is 0 Å². The molecule has 0 radical (unpaired) electrons. The van der Waals surface area contributed by atoms with Crippen LogP contribution in [-0.4, -0.2) is 25.8 Å². The van der Waals surface area contributed by atoms with Crippen molar-refractivity contribution in [3.05, 3.63) is 103 Å². The van der Waals surface area contributed by atoms with Crippen LogP contribution in [0.4, 0.5) is 5.69 Å². The zero-order chi connectivity index (χ0) is 22.1. The lowest BCUT2D eigenvalue weighted by molar-refractivity contribution is -0.384. The van der Waals surface area contributed by atoms with Crippen LogP contribution >= 0.6 is 0 Å². The second kappa shape index (κ2) is 7.64. The topological polar surface area (TPSA) is 131 Å². The summed E-state index contributed by atoms with van der Waals surface area (Å²) in [4.78, 5) is 34.1. The maximum Gasteiger partial charge on any atom is 0.335 e. The zero-order valence-electron chi connectivity index (χ0n) is 15.9. The Kier molecular flexibility index (Phi) is 4.84. The summed E-state index contributed by atoms with van der Waals surface area (Å²) in [5, 5.41) is 23.3. The van der Waals surface area contributed by atoms with Crippen LogP contribution in [-0.2, 0) is 0 Å². The Morgan fingerprint density at radius 3 is 2.39 bits per heavy atom. The highest BCUT2D eigenvalue weighted by Crippen LogP contribution is 2.24. The zero-order valence-corrected chi connectivity index (χ0v) is 15.9. The van der Waals surface area contributed by atoms with Crippen molar-refractivity contribution in [2.24, 2.45) is 0 Å². The van der Waals surface area contributed by atoms with E-state index in [1.165, 1.54) is 47.2 Å². The number of H-pyrrole nitrogens is 1. The van der Waals surface area contributed by atoms with E-state index in [0.717, 1.165) is 0 Å². The van der Waals surface area contributed by atoms with E-state index in [1.54, 1.807) is 24.3 Å². The van der Waals surface area contributed by atoms with E-state index in [0.29, 0.717) is 28.1 Å². The third kappa shape index (κ3) is 3.79. The van der Waals surface area contributed by atoms with Gasteiger partial charge in [0.2, 0.25) is 0 Å². The van der Waals surface area contributed by atoms with Crippen molar-refractivity contribution in [3.63, 3.8) is 0 Å². The Labute approximate surface area is 173 Å². The van der Waals surface area contributed by atoms with Crippen molar-refractivity contribution in [1.29, 1.82) is 0 Å². The van der Waals surface area contributed by atoms with Gasteiger partial charge in [0.05, 0.1) is 26.7 Å². The van der Waals surface area contributed by atoms with Crippen molar-refractivity contribution >= 4 is 24.3 Å². The average molecular weight is 417 g/mol. The van der Waals surface area contributed by atoms with Gasteiger partial charge in [-0.25, -0.2) is 9.48 Å². The third-order valence-corrected chi connectivity index (χ3v) is 4.65. The molecule has 0 unspecified atom stereocenters. The molecule has 0 fully saturated rings. The molecule has 31 heavy (non-hydrogen) atoms. The molecule has 2 heterocycles. The van der Waals surface area contributed by atoms with Gasteiger partial charge in [-0.3, -0.25) is 20.0 Å². The molecule has 4 rings (SSSR count). The molecule has 2 aromatic heterocycles. The lowest BCUT2D eigenvalue weighted by Crippen LogP contribution is -2.33. The summed E-state index contributed by atoms with van der Waals surface area (Å²) < 4.78 is 7.02. The van der Waals surface area contributed by atoms with Crippen LogP contribution in [0, 0.1) is 10.1 Å². The second-order valence-electron chi connectivity index (χ2n) is 6.65. The van der Waals surface area contributed by atoms with Crippen LogP contribution in [0.2, 0.25) is 0 Å². The number of rotatable bonds is 5. The Bertz CT molecular complexity index is 1460. The first-order chi connectivity index (χ1) is 14.8. The predicted molar refractivity (Wildman–Crippen MR) is 112 cm³/mol. The number of hydrogen-bond acceptors (Lipinski definition) is 5. The van der Waals surface area contributed by atoms with Gasteiger partial charge in [0.1, 0.15) is 11.5 Å². The minimum absolute atomic E-state index is 0.0203. The monoisotopic (exact) mass is 417 g/mol. The lowest BCUT2D eigenvalue weighted by atomic mass is 10.1. The quantitative estimate of drug-likeness (QED) is 0.378. The van der Waals surface area contributed by atoms with Gasteiger partial charge in [0.25, 0.3) is 11.2 Å². The molecule has 0 saturated heterocycles. The van der Waals surface area contributed by atoms with Crippen molar-refractivity contribution in [2.75, 3.05) is 0 Å². The molecular weight excluding hydrogens is 402 g/mol. The first-order valence-corrected chi connectivity index (χ1v) is 9.03. The number of aromatic carboxylic acids is 1. The molecule has 0 spiro atoms.